The van der Waals surface area contributed by atoms with E-state index in [4.69, 9.17) is 16.2 Å². The maximum absolute atomic E-state index is 13.3. The fraction of sp³-hybridized carbons (Fsp3) is 0.211. The lowest BCUT2D eigenvalue weighted by atomic mass is 10.1. The first kappa shape index (κ1) is 18.5. The summed E-state index contributed by atoms with van der Waals surface area (Å²) in [5.41, 5.74) is 12.8. The Labute approximate surface area is 146 Å². The number of carbonyl (C=O) groups excluding carboxylic acids is 1. The van der Waals surface area contributed by atoms with E-state index in [1.807, 2.05) is 37.3 Å². The molecule has 6 heteroatoms. The van der Waals surface area contributed by atoms with Crippen LogP contribution in [0.2, 0.25) is 0 Å². The van der Waals surface area contributed by atoms with Gasteiger partial charge in [-0.2, -0.15) is 0 Å². The minimum atomic E-state index is -0.472. The maximum atomic E-state index is 13.3. The van der Waals surface area contributed by atoms with E-state index in [1.165, 1.54) is 12.1 Å². The molecule has 0 spiro atoms. The van der Waals surface area contributed by atoms with Gasteiger partial charge in [0.1, 0.15) is 18.2 Å². The third-order valence-electron chi connectivity index (χ3n) is 3.62. The van der Waals surface area contributed by atoms with Crippen molar-refractivity contribution in [2.24, 2.45) is 5.73 Å². The Hall–Kier alpha value is -2.86. The zero-order valence-electron chi connectivity index (χ0n) is 14.0. The molecular formula is C19H22FN3O2. The molecule has 1 amide bonds. The van der Waals surface area contributed by atoms with E-state index in [-0.39, 0.29) is 30.8 Å². The largest absolute Gasteiger partial charge is 0.484 e. The van der Waals surface area contributed by atoms with E-state index in [0.717, 1.165) is 5.56 Å². The van der Waals surface area contributed by atoms with Crippen LogP contribution < -0.4 is 21.5 Å². The number of benzene rings is 2. The SMILES string of the molecule is C[C@H](NC(=O)c1ccc(OC/C(F)=C\CN)c(N)c1)c1ccccc1. The highest BCUT2D eigenvalue weighted by Gasteiger charge is 2.13. The molecule has 2 aromatic rings. The Bertz CT molecular complexity index is 748. The zero-order chi connectivity index (χ0) is 18.2. The van der Waals surface area contributed by atoms with Gasteiger partial charge in [0.15, 0.2) is 0 Å². The topological polar surface area (TPSA) is 90.4 Å². The quantitative estimate of drug-likeness (QED) is 0.674. The summed E-state index contributed by atoms with van der Waals surface area (Å²) in [6, 6.07) is 14.1. The number of nitrogen functional groups attached to an aromatic ring is 1. The molecule has 0 unspecified atom stereocenters. The maximum Gasteiger partial charge on any atom is 0.251 e. The Balaban J connectivity index is 2.01. The molecule has 1 atom stereocenters. The Morgan fingerprint density at radius 1 is 1.28 bits per heavy atom. The Morgan fingerprint density at radius 3 is 2.64 bits per heavy atom. The first-order valence-corrected chi connectivity index (χ1v) is 7.94. The molecule has 0 fully saturated rings. The minimum absolute atomic E-state index is 0.101. The van der Waals surface area contributed by atoms with Crippen LogP contribution in [0.3, 0.4) is 0 Å². The molecule has 0 heterocycles. The Morgan fingerprint density at radius 2 is 2.00 bits per heavy atom. The normalized spacial score (nSPS) is 12.5. The smallest absolute Gasteiger partial charge is 0.251 e. The molecule has 5 nitrogen and oxygen atoms in total. The molecular weight excluding hydrogens is 321 g/mol. The van der Waals surface area contributed by atoms with Crippen molar-refractivity contribution in [1.82, 2.24) is 5.32 Å². The molecule has 2 aromatic carbocycles. The molecule has 25 heavy (non-hydrogen) atoms. The van der Waals surface area contributed by atoms with Crippen LogP contribution in [0.1, 0.15) is 28.9 Å². The number of hydrogen-bond acceptors (Lipinski definition) is 4. The van der Waals surface area contributed by atoms with Gasteiger partial charge in [-0.15, -0.1) is 0 Å². The average Bonchev–Trinajstić information content (AvgIpc) is 2.61. The van der Waals surface area contributed by atoms with Gasteiger partial charge < -0.3 is 21.5 Å². The fourth-order valence-corrected chi connectivity index (χ4v) is 2.26. The van der Waals surface area contributed by atoms with Gasteiger partial charge in [0.25, 0.3) is 5.91 Å². The number of amides is 1. The standard InChI is InChI=1S/C19H22FN3O2/c1-13(14-5-3-2-4-6-14)23-19(24)15-7-8-18(17(22)11-15)25-12-16(20)9-10-21/h2-9,11,13H,10,12,21-22H2,1H3,(H,23,24)/b16-9+/t13-/m0/s1. The van der Waals surface area contributed by atoms with Crippen LogP contribution in [0.15, 0.2) is 60.4 Å². The lowest BCUT2D eigenvalue weighted by molar-refractivity contribution is 0.0940. The second kappa shape index (κ2) is 8.84. The molecule has 0 radical (unpaired) electrons. The molecule has 0 bridgehead atoms. The molecule has 0 saturated carbocycles. The second-order valence-corrected chi connectivity index (χ2v) is 5.53. The van der Waals surface area contributed by atoms with Gasteiger partial charge in [0.05, 0.1) is 11.7 Å². The lowest BCUT2D eigenvalue weighted by Gasteiger charge is -2.15. The van der Waals surface area contributed by atoms with Gasteiger partial charge in [-0.3, -0.25) is 4.79 Å². The molecule has 132 valence electrons. The highest BCUT2D eigenvalue weighted by Crippen LogP contribution is 2.23. The van der Waals surface area contributed by atoms with E-state index in [9.17, 15) is 9.18 Å². The van der Waals surface area contributed by atoms with Gasteiger partial charge in [-0.05, 0) is 36.8 Å². The summed E-state index contributed by atoms with van der Waals surface area (Å²) in [5, 5.41) is 2.91. The first-order valence-electron chi connectivity index (χ1n) is 7.94. The van der Waals surface area contributed by atoms with E-state index < -0.39 is 5.83 Å². The van der Waals surface area contributed by atoms with Crippen LogP contribution >= 0.6 is 0 Å². The Kier molecular flexibility index (Phi) is 6.54. The number of anilines is 1. The number of nitrogens with two attached hydrogens (primary N) is 2. The third kappa shape index (κ3) is 5.32. The average molecular weight is 343 g/mol. The number of ether oxygens (including phenoxy) is 1. The van der Waals surface area contributed by atoms with Crippen LogP contribution in [0, 0.1) is 0 Å². The summed E-state index contributed by atoms with van der Waals surface area (Å²) in [4.78, 5) is 12.4. The first-order chi connectivity index (χ1) is 12.0. The molecule has 0 aliphatic carbocycles. The molecule has 0 aliphatic heterocycles. The monoisotopic (exact) mass is 343 g/mol. The third-order valence-corrected chi connectivity index (χ3v) is 3.62. The zero-order valence-corrected chi connectivity index (χ0v) is 14.0. The van der Waals surface area contributed by atoms with Crippen molar-refractivity contribution < 1.29 is 13.9 Å². The summed E-state index contributed by atoms with van der Waals surface area (Å²) in [7, 11) is 0. The van der Waals surface area contributed by atoms with E-state index in [2.05, 4.69) is 5.32 Å². The highest BCUT2D eigenvalue weighted by molar-refractivity contribution is 5.95. The van der Waals surface area contributed by atoms with Crippen molar-refractivity contribution >= 4 is 11.6 Å². The summed E-state index contributed by atoms with van der Waals surface area (Å²) in [5.74, 6) is -0.405. The predicted octanol–water partition coefficient (Wildman–Crippen LogP) is 2.95. The van der Waals surface area contributed by atoms with E-state index >= 15 is 0 Å². The summed E-state index contributed by atoms with van der Waals surface area (Å²) >= 11 is 0. The molecule has 0 aliphatic rings. The molecule has 2 rings (SSSR count). The van der Waals surface area contributed by atoms with E-state index in [0.29, 0.717) is 11.3 Å². The van der Waals surface area contributed by atoms with Gasteiger partial charge in [0.2, 0.25) is 0 Å². The number of rotatable bonds is 7. The van der Waals surface area contributed by atoms with Gasteiger partial charge in [-0.25, -0.2) is 4.39 Å². The molecule has 5 N–H and O–H groups in total. The van der Waals surface area contributed by atoms with Gasteiger partial charge in [0, 0.05) is 12.1 Å². The van der Waals surface area contributed by atoms with Crippen LogP contribution in [-0.2, 0) is 0 Å². The van der Waals surface area contributed by atoms with Crippen LogP contribution in [-0.4, -0.2) is 19.1 Å². The number of halogens is 1. The minimum Gasteiger partial charge on any atom is -0.484 e. The van der Waals surface area contributed by atoms with Crippen molar-refractivity contribution in [3.63, 3.8) is 0 Å². The fourth-order valence-electron chi connectivity index (χ4n) is 2.26. The molecule has 0 saturated heterocycles. The van der Waals surface area contributed by atoms with Crippen LogP contribution in [0.25, 0.3) is 0 Å². The van der Waals surface area contributed by atoms with E-state index in [1.54, 1.807) is 12.1 Å². The van der Waals surface area contributed by atoms with Crippen molar-refractivity contribution in [2.45, 2.75) is 13.0 Å². The van der Waals surface area contributed by atoms with Crippen LogP contribution in [0.5, 0.6) is 5.75 Å². The van der Waals surface area contributed by atoms with Crippen LogP contribution in [0.4, 0.5) is 10.1 Å². The number of carbonyl (C=O) groups is 1. The lowest BCUT2D eigenvalue weighted by Crippen LogP contribution is -2.26. The van der Waals surface area contributed by atoms with Crippen molar-refractivity contribution in [3.05, 3.63) is 71.6 Å². The molecule has 0 aromatic heterocycles. The predicted molar refractivity (Wildman–Crippen MR) is 96.9 cm³/mol. The summed E-state index contributed by atoms with van der Waals surface area (Å²) in [6.07, 6.45) is 1.23. The van der Waals surface area contributed by atoms with Crippen molar-refractivity contribution in [1.29, 1.82) is 0 Å². The van der Waals surface area contributed by atoms with Crippen molar-refractivity contribution in [3.8, 4) is 5.75 Å². The number of nitrogens with one attached hydrogen (secondary N) is 1. The summed E-state index contributed by atoms with van der Waals surface area (Å²) < 4.78 is 18.6. The van der Waals surface area contributed by atoms with Gasteiger partial charge in [-0.1, -0.05) is 30.3 Å². The van der Waals surface area contributed by atoms with Gasteiger partial charge >= 0.3 is 0 Å². The number of hydrogen-bond donors (Lipinski definition) is 3. The summed E-state index contributed by atoms with van der Waals surface area (Å²) in [6.45, 7) is 1.75. The highest BCUT2D eigenvalue weighted by atomic mass is 19.1. The van der Waals surface area contributed by atoms with Crippen molar-refractivity contribution in [2.75, 3.05) is 18.9 Å². The second-order valence-electron chi connectivity index (χ2n) is 5.53.